The molecule has 3 rings (SSSR count). The zero-order valence-corrected chi connectivity index (χ0v) is 13.0. The maximum Gasteiger partial charge on any atom is 0.284 e. The zero-order valence-electron chi connectivity index (χ0n) is 11.4. The number of halogens is 1. The maximum atomic E-state index is 12.3. The van der Waals surface area contributed by atoms with Gasteiger partial charge in [-0.15, -0.1) is 10.2 Å². The predicted molar refractivity (Wildman–Crippen MR) is 79.3 cm³/mol. The summed E-state index contributed by atoms with van der Waals surface area (Å²) in [5.41, 5.74) is 0. The average Bonchev–Trinajstić information content (AvgIpc) is 2.94. The third-order valence-electron chi connectivity index (χ3n) is 4.24. The smallest absolute Gasteiger partial charge is 0.284 e. The molecule has 1 aromatic heterocycles. The maximum absolute atomic E-state index is 12.3. The van der Waals surface area contributed by atoms with E-state index in [9.17, 15) is 4.79 Å². The number of carbonyl (C=O) groups is 1. The number of rotatable bonds is 2. The van der Waals surface area contributed by atoms with Crippen LogP contribution < -0.4 is 0 Å². The molecule has 0 saturated carbocycles. The van der Waals surface area contributed by atoms with Gasteiger partial charge in [-0.05, 0) is 50.4 Å². The number of carbonyl (C=O) groups excluding carboxylic acids is 1. The first kappa shape index (κ1) is 14.2. The number of hydrogen-bond donors (Lipinski definition) is 0. The molecule has 0 spiro atoms. The number of nitrogens with zero attached hydrogens (tertiary/aromatic N) is 4. The van der Waals surface area contributed by atoms with E-state index >= 15 is 0 Å². The van der Waals surface area contributed by atoms with Gasteiger partial charge in [-0.3, -0.25) is 4.79 Å². The van der Waals surface area contributed by atoms with Gasteiger partial charge in [0.05, 0.1) is 0 Å². The van der Waals surface area contributed by atoms with Crippen molar-refractivity contribution in [3.05, 3.63) is 9.47 Å². The molecule has 2 fully saturated rings. The third kappa shape index (κ3) is 3.13. The van der Waals surface area contributed by atoms with Gasteiger partial charge in [0, 0.05) is 19.1 Å². The van der Waals surface area contributed by atoms with Crippen LogP contribution in [0.4, 0.5) is 0 Å². The van der Waals surface area contributed by atoms with Gasteiger partial charge >= 0.3 is 0 Å². The van der Waals surface area contributed by atoms with Gasteiger partial charge in [0.25, 0.3) is 5.91 Å². The lowest BCUT2D eigenvalue weighted by atomic mass is 10.00. The molecule has 0 atom stereocenters. The number of amides is 1. The molecular weight excluding hydrogens is 296 g/mol. The second-order valence-corrected chi connectivity index (χ2v) is 7.04. The van der Waals surface area contributed by atoms with Crippen molar-refractivity contribution >= 4 is 28.8 Å². The largest absolute Gasteiger partial charge is 0.336 e. The Hall–Kier alpha value is -0.720. The van der Waals surface area contributed by atoms with E-state index in [1.165, 1.54) is 32.4 Å². The zero-order chi connectivity index (χ0) is 13.9. The van der Waals surface area contributed by atoms with E-state index in [2.05, 4.69) is 15.1 Å². The molecule has 0 aliphatic carbocycles. The molecule has 2 saturated heterocycles. The molecule has 20 heavy (non-hydrogen) atoms. The Labute approximate surface area is 127 Å². The van der Waals surface area contributed by atoms with Crippen molar-refractivity contribution in [2.75, 3.05) is 26.2 Å². The van der Waals surface area contributed by atoms with E-state index < -0.39 is 0 Å². The predicted octanol–water partition coefficient (Wildman–Crippen LogP) is 2.28. The van der Waals surface area contributed by atoms with Gasteiger partial charge in [0.2, 0.25) is 9.47 Å². The number of likely N-dealkylation sites (tertiary alicyclic amines) is 2. The van der Waals surface area contributed by atoms with Gasteiger partial charge in [0.15, 0.2) is 0 Å². The minimum atomic E-state index is -0.0218. The van der Waals surface area contributed by atoms with Gasteiger partial charge in [-0.2, -0.15) is 0 Å². The van der Waals surface area contributed by atoms with Crippen molar-refractivity contribution in [3.8, 4) is 0 Å². The minimum absolute atomic E-state index is 0.0218. The molecule has 7 heteroatoms. The summed E-state index contributed by atoms with van der Waals surface area (Å²) in [4.78, 5) is 16.7. The van der Waals surface area contributed by atoms with Gasteiger partial charge in [0.1, 0.15) is 0 Å². The van der Waals surface area contributed by atoms with Crippen molar-refractivity contribution in [1.29, 1.82) is 0 Å². The highest BCUT2D eigenvalue weighted by molar-refractivity contribution is 7.17. The van der Waals surface area contributed by atoms with Crippen LogP contribution in [-0.4, -0.2) is 58.1 Å². The molecule has 2 aliphatic rings. The summed E-state index contributed by atoms with van der Waals surface area (Å²) >= 11 is 6.90. The van der Waals surface area contributed by atoms with E-state index in [1.54, 1.807) is 0 Å². The lowest BCUT2D eigenvalue weighted by molar-refractivity contribution is 0.0589. The first-order chi connectivity index (χ1) is 9.74. The van der Waals surface area contributed by atoms with Crippen LogP contribution in [-0.2, 0) is 0 Å². The van der Waals surface area contributed by atoms with Crippen molar-refractivity contribution < 1.29 is 4.79 Å². The van der Waals surface area contributed by atoms with E-state index in [0.29, 0.717) is 15.5 Å². The van der Waals surface area contributed by atoms with Gasteiger partial charge in [-0.1, -0.05) is 17.8 Å². The van der Waals surface area contributed by atoms with E-state index in [-0.39, 0.29) is 5.91 Å². The molecule has 3 heterocycles. The highest BCUT2D eigenvalue weighted by Crippen LogP contribution is 2.23. The molecule has 1 aromatic rings. The monoisotopic (exact) mass is 314 g/mol. The third-order valence-corrected chi connectivity index (χ3v) is 5.25. The molecule has 1 amide bonds. The highest BCUT2D eigenvalue weighted by Gasteiger charge is 2.29. The number of hydrogen-bond acceptors (Lipinski definition) is 5. The second-order valence-electron chi connectivity index (χ2n) is 5.48. The van der Waals surface area contributed by atoms with Crippen LogP contribution >= 0.6 is 22.9 Å². The van der Waals surface area contributed by atoms with Crippen LogP contribution in [0.15, 0.2) is 0 Å². The molecule has 5 nitrogen and oxygen atoms in total. The average molecular weight is 315 g/mol. The van der Waals surface area contributed by atoms with Gasteiger partial charge < -0.3 is 9.80 Å². The van der Waals surface area contributed by atoms with E-state index in [1.807, 2.05) is 4.90 Å². The Kier molecular flexibility index (Phi) is 4.53. The highest BCUT2D eigenvalue weighted by atomic mass is 35.5. The fourth-order valence-electron chi connectivity index (χ4n) is 3.14. The molecule has 110 valence electrons. The standard InChI is InChI=1S/C13H19ClN4OS/c14-13-16-15-11(20-13)12(19)18-8-4-10(5-9-18)17-6-2-1-3-7-17/h10H,1-9H2. The van der Waals surface area contributed by atoms with Crippen LogP contribution in [0.2, 0.25) is 4.47 Å². The normalized spacial score (nSPS) is 22.1. The van der Waals surface area contributed by atoms with Crippen LogP contribution in [0.3, 0.4) is 0 Å². The second kappa shape index (κ2) is 6.37. The minimum Gasteiger partial charge on any atom is -0.336 e. The van der Waals surface area contributed by atoms with Crippen molar-refractivity contribution in [3.63, 3.8) is 0 Å². The van der Waals surface area contributed by atoms with E-state index in [0.717, 1.165) is 37.3 Å². The topological polar surface area (TPSA) is 49.3 Å². The van der Waals surface area contributed by atoms with Crippen LogP contribution in [0.1, 0.15) is 41.9 Å². The van der Waals surface area contributed by atoms with Crippen molar-refractivity contribution in [2.45, 2.75) is 38.1 Å². The van der Waals surface area contributed by atoms with E-state index in [4.69, 9.17) is 11.6 Å². The SMILES string of the molecule is O=C(c1nnc(Cl)s1)N1CCC(N2CCCCC2)CC1. The molecule has 0 unspecified atom stereocenters. The van der Waals surface area contributed by atoms with Crippen molar-refractivity contribution in [1.82, 2.24) is 20.0 Å². The Morgan fingerprint density at radius 1 is 1.10 bits per heavy atom. The first-order valence-corrected chi connectivity index (χ1v) is 8.46. The summed E-state index contributed by atoms with van der Waals surface area (Å²) in [7, 11) is 0. The molecular formula is C13H19ClN4OS. The molecule has 0 bridgehead atoms. The van der Waals surface area contributed by atoms with Gasteiger partial charge in [-0.25, -0.2) is 0 Å². The van der Waals surface area contributed by atoms with Crippen LogP contribution in [0.5, 0.6) is 0 Å². The quantitative estimate of drug-likeness (QED) is 0.840. The van der Waals surface area contributed by atoms with Crippen molar-refractivity contribution in [2.24, 2.45) is 0 Å². The lowest BCUT2D eigenvalue weighted by Gasteiger charge is -2.40. The van der Waals surface area contributed by atoms with Crippen LogP contribution in [0, 0.1) is 0 Å². The molecule has 0 radical (unpaired) electrons. The lowest BCUT2D eigenvalue weighted by Crippen LogP contribution is -2.48. The Morgan fingerprint density at radius 3 is 2.40 bits per heavy atom. The number of piperidine rings is 2. The molecule has 0 N–H and O–H groups in total. The molecule has 2 aliphatic heterocycles. The molecule has 0 aromatic carbocycles. The number of aromatic nitrogens is 2. The Bertz CT molecular complexity index is 467. The summed E-state index contributed by atoms with van der Waals surface area (Å²) in [6.45, 7) is 4.09. The fourth-order valence-corrected chi connectivity index (χ4v) is 3.94. The fraction of sp³-hybridized carbons (Fsp3) is 0.769. The summed E-state index contributed by atoms with van der Waals surface area (Å²) in [6, 6.07) is 0.650. The summed E-state index contributed by atoms with van der Waals surface area (Å²) in [6.07, 6.45) is 6.15. The summed E-state index contributed by atoms with van der Waals surface area (Å²) < 4.78 is 0.330. The summed E-state index contributed by atoms with van der Waals surface area (Å²) in [5.74, 6) is -0.0218. The summed E-state index contributed by atoms with van der Waals surface area (Å²) in [5, 5.41) is 7.94. The Balaban J connectivity index is 1.54. The first-order valence-electron chi connectivity index (χ1n) is 7.26. The Morgan fingerprint density at radius 2 is 1.80 bits per heavy atom. The van der Waals surface area contributed by atoms with Crippen LogP contribution in [0.25, 0.3) is 0 Å².